The second-order valence-electron chi connectivity index (χ2n) is 6.01. The van der Waals surface area contributed by atoms with E-state index < -0.39 is 0 Å². The van der Waals surface area contributed by atoms with Crippen molar-refractivity contribution in [2.45, 2.75) is 13.8 Å². The van der Waals surface area contributed by atoms with Crippen LogP contribution in [-0.4, -0.2) is 30.0 Å². The van der Waals surface area contributed by atoms with Crippen LogP contribution in [0.2, 0.25) is 0 Å². The Morgan fingerprint density at radius 1 is 1.33 bits per heavy atom. The van der Waals surface area contributed by atoms with Crippen molar-refractivity contribution in [3.8, 4) is 0 Å². The van der Waals surface area contributed by atoms with Gasteiger partial charge < -0.3 is 10.6 Å². The minimum Gasteiger partial charge on any atom is -0.373 e. The van der Waals surface area contributed by atoms with Crippen LogP contribution >= 0.6 is 0 Å². The van der Waals surface area contributed by atoms with Gasteiger partial charge in [-0.1, -0.05) is 13.8 Å². The lowest BCUT2D eigenvalue weighted by Gasteiger charge is -2.31. The van der Waals surface area contributed by atoms with Gasteiger partial charge in [-0.2, -0.15) is 0 Å². The largest absolute Gasteiger partial charge is 0.373 e. The molecule has 1 aromatic heterocycles. The molecule has 1 heterocycles. The summed E-state index contributed by atoms with van der Waals surface area (Å²) in [5.74, 6) is 0. The summed E-state index contributed by atoms with van der Waals surface area (Å²) in [5.41, 5.74) is 6.77. The van der Waals surface area contributed by atoms with Crippen molar-refractivity contribution < 1.29 is 4.92 Å². The van der Waals surface area contributed by atoms with Crippen LogP contribution in [0.4, 0.5) is 11.4 Å². The molecule has 2 rings (SSSR count). The molecule has 1 aromatic carbocycles. The molecule has 0 radical (unpaired) electrons. The van der Waals surface area contributed by atoms with Crippen molar-refractivity contribution in [2.24, 2.45) is 11.1 Å². The molecule has 0 saturated carbocycles. The molecule has 6 heteroatoms. The van der Waals surface area contributed by atoms with Crippen LogP contribution in [0.5, 0.6) is 0 Å². The molecule has 0 spiro atoms. The second kappa shape index (κ2) is 5.65. The number of nitro benzene ring substituents is 1. The van der Waals surface area contributed by atoms with Gasteiger partial charge in [0, 0.05) is 43.1 Å². The summed E-state index contributed by atoms with van der Waals surface area (Å²) in [5, 5.41) is 12.5. The molecule has 0 fully saturated rings. The van der Waals surface area contributed by atoms with E-state index in [0.717, 1.165) is 17.6 Å². The van der Waals surface area contributed by atoms with Crippen molar-refractivity contribution in [1.82, 2.24) is 4.98 Å². The number of nitro groups is 1. The molecule has 0 saturated heterocycles. The number of pyridine rings is 1. The van der Waals surface area contributed by atoms with Gasteiger partial charge in [0.15, 0.2) is 0 Å². The minimum atomic E-state index is -0.365. The average molecular weight is 288 g/mol. The molecule has 2 N–H and O–H groups in total. The average Bonchev–Trinajstić information content (AvgIpc) is 2.45. The molecule has 0 aliphatic heterocycles. The van der Waals surface area contributed by atoms with Crippen molar-refractivity contribution in [3.05, 3.63) is 40.7 Å². The standard InChI is InChI=1S/C15H20N4O2/c1-15(2,9-16)10-18(3)13-4-5-14(19(20)21)11-6-7-17-8-12(11)13/h4-8H,9-10,16H2,1-3H3. The summed E-state index contributed by atoms with van der Waals surface area (Å²) in [6.45, 7) is 5.51. The van der Waals surface area contributed by atoms with E-state index in [0.29, 0.717) is 11.9 Å². The van der Waals surface area contributed by atoms with Crippen LogP contribution in [0, 0.1) is 15.5 Å². The van der Waals surface area contributed by atoms with Crippen LogP contribution in [0.25, 0.3) is 10.8 Å². The number of aromatic nitrogens is 1. The monoisotopic (exact) mass is 288 g/mol. The molecule has 6 nitrogen and oxygen atoms in total. The number of rotatable bonds is 5. The number of hydrogen-bond donors (Lipinski definition) is 1. The fourth-order valence-corrected chi connectivity index (χ4v) is 2.44. The molecule has 0 unspecified atom stereocenters. The number of hydrogen-bond acceptors (Lipinski definition) is 5. The molecule has 0 aliphatic rings. The first-order chi connectivity index (χ1) is 9.85. The number of nitrogens with two attached hydrogens (primary N) is 1. The van der Waals surface area contributed by atoms with E-state index in [1.807, 2.05) is 7.05 Å². The van der Waals surface area contributed by atoms with E-state index in [4.69, 9.17) is 5.73 Å². The summed E-state index contributed by atoms with van der Waals surface area (Å²) < 4.78 is 0. The maximum atomic E-state index is 11.1. The Morgan fingerprint density at radius 2 is 2.05 bits per heavy atom. The lowest BCUT2D eigenvalue weighted by Crippen LogP contribution is -2.36. The highest BCUT2D eigenvalue weighted by Crippen LogP contribution is 2.33. The number of non-ortho nitro benzene ring substituents is 1. The highest BCUT2D eigenvalue weighted by Gasteiger charge is 2.21. The first-order valence-electron chi connectivity index (χ1n) is 6.78. The van der Waals surface area contributed by atoms with Crippen molar-refractivity contribution in [1.29, 1.82) is 0 Å². The molecule has 2 aromatic rings. The smallest absolute Gasteiger partial charge is 0.277 e. The zero-order valence-electron chi connectivity index (χ0n) is 12.5. The van der Waals surface area contributed by atoms with Gasteiger partial charge in [0.25, 0.3) is 5.69 Å². The number of nitrogens with zero attached hydrogens (tertiary/aromatic N) is 3. The second-order valence-corrected chi connectivity index (χ2v) is 6.01. The Labute approximate surface area is 123 Å². The van der Waals surface area contributed by atoms with Gasteiger partial charge in [-0.25, -0.2) is 0 Å². The summed E-state index contributed by atoms with van der Waals surface area (Å²) in [6.07, 6.45) is 3.24. The Kier molecular flexibility index (Phi) is 4.09. The Hall–Kier alpha value is -2.21. The fourth-order valence-electron chi connectivity index (χ4n) is 2.44. The van der Waals surface area contributed by atoms with Gasteiger partial charge in [-0.05, 0) is 24.1 Å². The summed E-state index contributed by atoms with van der Waals surface area (Å²) in [7, 11) is 1.96. The van der Waals surface area contributed by atoms with Crippen LogP contribution in [0.15, 0.2) is 30.6 Å². The van der Waals surface area contributed by atoms with Crippen LogP contribution in [0.1, 0.15) is 13.8 Å². The minimum absolute atomic E-state index is 0.0366. The summed E-state index contributed by atoms with van der Waals surface area (Å²) >= 11 is 0. The molecule has 0 bridgehead atoms. The Balaban J connectivity index is 2.51. The highest BCUT2D eigenvalue weighted by molar-refractivity contribution is 5.99. The van der Waals surface area contributed by atoms with E-state index in [1.54, 1.807) is 30.6 Å². The Bertz CT molecular complexity index is 670. The lowest BCUT2D eigenvalue weighted by molar-refractivity contribution is -0.383. The van der Waals surface area contributed by atoms with Gasteiger partial charge in [-0.15, -0.1) is 0 Å². The summed E-state index contributed by atoms with van der Waals surface area (Å²) in [6, 6.07) is 5.00. The van der Waals surface area contributed by atoms with Crippen LogP contribution < -0.4 is 10.6 Å². The number of anilines is 1. The molecular formula is C15H20N4O2. The van der Waals surface area contributed by atoms with Crippen LogP contribution in [-0.2, 0) is 0 Å². The number of fused-ring (bicyclic) bond motifs is 1. The molecule has 0 atom stereocenters. The molecule has 21 heavy (non-hydrogen) atoms. The van der Waals surface area contributed by atoms with Gasteiger partial charge in [-0.3, -0.25) is 15.1 Å². The van der Waals surface area contributed by atoms with Crippen molar-refractivity contribution >= 4 is 22.1 Å². The van der Waals surface area contributed by atoms with Gasteiger partial charge in [0.05, 0.1) is 10.3 Å². The first kappa shape index (κ1) is 15.2. The fraction of sp³-hybridized carbons (Fsp3) is 0.400. The van der Waals surface area contributed by atoms with Crippen LogP contribution in [0.3, 0.4) is 0 Å². The Morgan fingerprint density at radius 3 is 2.67 bits per heavy atom. The zero-order valence-corrected chi connectivity index (χ0v) is 12.5. The first-order valence-corrected chi connectivity index (χ1v) is 6.78. The normalized spacial score (nSPS) is 11.6. The maximum absolute atomic E-state index is 11.1. The predicted molar refractivity (Wildman–Crippen MR) is 84.5 cm³/mol. The van der Waals surface area contributed by atoms with E-state index in [2.05, 4.69) is 23.7 Å². The van der Waals surface area contributed by atoms with Crippen molar-refractivity contribution in [2.75, 3.05) is 25.0 Å². The topological polar surface area (TPSA) is 85.3 Å². The maximum Gasteiger partial charge on any atom is 0.277 e. The third-order valence-electron chi connectivity index (χ3n) is 3.60. The predicted octanol–water partition coefficient (Wildman–Crippen LogP) is 2.56. The van der Waals surface area contributed by atoms with E-state index in [9.17, 15) is 10.1 Å². The molecule has 112 valence electrons. The highest BCUT2D eigenvalue weighted by atomic mass is 16.6. The third kappa shape index (κ3) is 3.11. The third-order valence-corrected chi connectivity index (χ3v) is 3.60. The molecular weight excluding hydrogens is 268 g/mol. The van der Waals surface area contributed by atoms with Gasteiger partial charge in [0.2, 0.25) is 0 Å². The summed E-state index contributed by atoms with van der Waals surface area (Å²) in [4.78, 5) is 16.9. The van der Waals surface area contributed by atoms with E-state index in [1.165, 1.54) is 0 Å². The quantitative estimate of drug-likeness (QED) is 0.675. The molecule has 0 amide bonds. The SMILES string of the molecule is CN(CC(C)(C)CN)c1ccc([N+](=O)[O-])c2ccncc12. The van der Waals surface area contributed by atoms with Crippen molar-refractivity contribution in [3.63, 3.8) is 0 Å². The number of benzene rings is 1. The van der Waals surface area contributed by atoms with Gasteiger partial charge in [0.1, 0.15) is 0 Å². The lowest BCUT2D eigenvalue weighted by atomic mass is 9.93. The van der Waals surface area contributed by atoms with E-state index in [-0.39, 0.29) is 16.0 Å². The zero-order chi connectivity index (χ0) is 15.6. The molecule has 0 aliphatic carbocycles. The van der Waals surface area contributed by atoms with E-state index >= 15 is 0 Å². The van der Waals surface area contributed by atoms with Gasteiger partial charge >= 0.3 is 0 Å².